The molecule has 1 saturated heterocycles. The minimum atomic E-state index is -3.67. The summed E-state index contributed by atoms with van der Waals surface area (Å²) in [5, 5.41) is 4.32. The summed E-state index contributed by atoms with van der Waals surface area (Å²) in [6, 6.07) is 14.8. The van der Waals surface area contributed by atoms with Crippen LogP contribution < -0.4 is 15.1 Å². The molecule has 0 saturated carbocycles. The average molecular weight is 385 g/mol. The minimum absolute atomic E-state index is 0.291. The molecule has 0 aliphatic carbocycles. The largest absolute Gasteiger partial charge is 0.378 e. The van der Waals surface area contributed by atoms with Gasteiger partial charge in [-0.1, -0.05) is 12.1 Å². The number of hydrogen-bond donors (Lipinski definition) is 1. The number of rotatable bonds is 4. The standard InChI is InChI=1S/C20H24N4O2S/c1-22(2)16-5-3-6-17(15-16)27(25,26)24-12-9-18-19(7-4-8-20(18)24)23-13-10-21-11-14-23/h3-9,12,15,21H,10-11,13-14H2,1-2H3. The molecule has 142 valence electrons. The molecule has 0 spiro atoms. The van der Waals surface area contributed by atoms with E-state index in [1.165, 1.54) is 3.97 Å². The second-order valence-corrected chi connectivity index (χ2v) is 8.77. The van der Waals surface area contributed by atoms with Gasteiger partial charge >= 0.3 is 0 Å². The van der Waals surface area contributed by atoms with Gasteiger partial charge in [-0.2, -0.15) is 0 Å². The number of nitrogens with one attached hydrogen (secondary N) is 1. The smallest absolute Gasteiger partial charge is 0.268 e. The highest BCUT2D eigenvalue weighted by atomic mass is 32.2. The molecule has 0 bridgehead atoms. The molecule has 0 atom stereocenters. The van der Waals surface area contributed by atoms with Gasteiger partial charge in [-0.3, -0.25) is 0 Å². The van der Waals surface area contributed by atoms with Crippen LogP contribution in [-0.2, 0) is 10.0 Å². The summed E-state index contributed by atoms with van der Waals surface area (Å²) >= 11 is 0. The van der Waals surface area contributed by atoms with Crippen LogP contribution in [0.3, 0.4) is 0 Å². The summed E-state index contributed by atoms with van der Waals surface area (Å²) in [5.41, 5.74) is 2.65. The number of anilines is 2. The third kappa shape index (κ3) is 3.17. The van der Waals surface area contributed by atoms with Crippen molar-refractivity contribution in [2.45, 2.75) is 4.90 Å². The van der Waals surface area contributed by atoms with Gasteiger partial charge in [0, 0.05) is 63.2 Å². The van der Waals surface area contributed by atoms with E-state index < -0.39 is 10.0 Å². The molecular weight excluding hydrogens is 360 g/mol. The third-order valence-electron chi connectivity index (χ3n) is 5.02. The number of fused-ring (bicyclic) bond motifs is 1. The van der Waals surface area contributed by atoms with Crippen molar-refractivity contribution >= 4 is 32.3 Å². The maximum absolute atomic E-state index is 13.3. The van der Waals surface area contributed by atoms with E-state index in [4.69, 9.17) is 0 Å². The van der Waals surface area contributed by atoms with Gasteiger partial charge in [0.25, 0.3) is 10.0 Å². The molecule has 0 amide bonds. The number of piperazine rings is 1. The fraction of sp³-hybridized carbons (Fsp3) is 0.300. The Kier molecular flexibility index (Phi) is 4.57. The van der Waals surface area contributed by atoms with Crippen molar-refractivity contribution in [1.29, 1.82) is 0 Å². The monoisotopic (exact) mass is 384 g/mol. The topological polar surface area (TPSA) is 57.6 Å². The SMILES string of the molecule is CN(C)c1cccc(S(=O)(=O)n2ccc3c(N4CCNCC4)cccc32)c1. The number of benzene rings is 2. The highest BCUT2D eigenvalue weighted by Gasteiger charge is 2.22. The first-order valence-corrected chi connectivity index (χ1v) is 10.5. The van der Waals surface area contributed by atoms with Crippen molar-refractivity contribution in [3.8, 4) is 0 Å². The fourth-order valence-electron chi connectivity index (χ4n) is 3.55. The molecule has 1 N–H and O–H groups in total. The van der Waals surface area contributed by atoms with Crippen LogP contribution >= 0.6 is 0 Å². The fourth-order valence-corrected chi connectivity index (χ4v) is 4.94. The molecule has 2 heterocycles. The zero-order valence-electron chi connectivity index (χ0n) is 15.6. The first-order valence-electron chi connectivity index (χ1n) is 9.07. The molecule has 4 rings (SSSR count). The predicted octanol–water partition coefficient (Wildman–Crippen LogP) is 2.35. The second kappa shape index (κ2) is 6.90. The van der Waals surface area contributed by atoms with E-state index in [2.05, 4.69) is 16.3 Å². The lowest BCUT2D eigenvalue weighted by atomic mass is 10.2. The van der Waals surface area contributed by atoms with Gasteiger partial charge in [-0.05, 0) is 36.4 Å². The zero-order chi connectivity index (χ0) is 19.0. The van der Waals surface area contributed by atoms with Crippen LogP contribution in [0.5, 0.6) is 0 Å². The number of nitrogens with zero attached hydrogens (tertiary/aromatic N) is 3. The van der Waals surface area contributed by atoms with Gasteiger partial charge in [-0.25, -0.2) is 12.4 Å². The Morgan fingerprint density at radius 3 is 2.48 bits per heavy atom. The lowest BCUT2D eigenvalue weighted by Crippen LogP contribution is -2.43. The molecule has 27 heavy (non-hydrogen) atoms. The number of aromatic nitrogens is 1. The third-order valence-corrected chi connectivity index (χ3v) is 6.71. The van der Waals surface area contributed by atoms with E-state index in [1.54, 1.807) is 24.4 Å². The highest BCUT2D eigenvalue weighted by Crippen LogP contribution is 2.31. The molecule has 0 unspecified atom stereocenters. The normalized spacial score (nSPS) is 15.3. The quantitative estimate of drug-likeness (QED) is 0.748. The van der Waals surface area contributed by atoms with Crippen LogP contribution in [0, 0.1) is 0 Å². The van der Waals surface area contributed by atoms with E-state index in [0.717, 1.165) is 42.9 Å². The summed E-state index contributed by atoms with van der Waals surface area (Å²) in [6.45, 7) is 3.71. The van der Waals surface area contributed by atoms with Crippen molar-refractivity contribution in [2.75, 3.05) is 50.1 Å². The van der Waals surface area contributed by atoms with Crippen molar-refractivity contribution in [2.24, 2.45) is 0 Å². The molecule has 7 heteroatoms. The summed E-state index contributed by atoms with van der Waals surface area (Å²) in [6.07, 6.45) is 1.66. The van der Waals surface area contributed by atoms with E-state index in [1.807, 2.05) is 43.3 Å². The summed E-state index contributed by atoms with van der Waals surface area (Å²) in [7, 11) is 0.132. The maximum atomic E-state index is 13.3. The van der Waals surface area contributed by atoms with Crippen molar-refractivity contribution < 1.29 is 8.42 Å². The van der Waals surface area contributed by atoms with Gasteiger partial charge in [0.2, 0.25) is 0 Å². The summed E-state index contributed by atoms with van der Waals surface area (Å²) < 4.78 is 28.0. The minimum Gasteiger partial charge on any atom is -0.378 e. The molecule has 3 aromatic rings. The molecule has 1 aliphatic rings. The van der Waals surface area contributed by atoms with E-state index in [9.17, 15) is 8.42 Å². The summed E-state index contributed by atoms with van der Waals surface area (Å²) in [5.74, 6) is 0. The van der Waals surface area contributed by atoms with Crippen LogP contribution in [0.1, 0.15) is 0 Å². The van der Waals surface area contributed by atoms with Crippen LogP contribution in [0.2, 0.25) is 0 Å². The Labute approximate surface area is 160 Å². The maximum Gasteiger partial charge on any atom is 0.268 e. The molecule has 1 aliphatic heterocycles. The molecule has 6 nitrogen and oxygen atoms in total. The molecular formula is C20H24N4O2S. The molecule has 0 radical (unpaired) electrons. The zero-order valence-corrected chi connectivity index (χ0v) is 16.4. The van der Waals surface area contributed by atoms with E-state index >= 15 is 0 Å². The van der Waals surface area contributed by atoms with E-state index in [0.29, 0.717) is 10.4 Å². The number of hydrogen-bond acceptors (Lipinski definition) is 5. The Balaban J connectivity index is 1.81. The first kappa shape index (κ1) is 17.9. The Morgan fingerprint density at radius 2 is 1.74 bits per heavy atom. The van der Waals surface area contributed by atoms with Gasteiger partial charge < -0.3 is 15.1 Å². The predicted molar refractivity (Wildman–Crippen MR) is 110 cm³/mol. The van der Waals surface area contributed by atoms with Crippen LogP contribution in [0.15, 0.2) is 59.6 Å². The van der Waals surface area contributed by atoms with Gasteiger partial charge in [0.1, 0.15) is 0 Å². The van der Waals surface area contributed by atoms with E-state index in [-0.39, 0.29) is 0 Å². The van der Waals surface area contributed by atoms with Crippen LogP contribution in [-0.4, -0.2) is 52.7 Å². The van der Waals surface area contributed by atoms with Crippen molar-refractivity contribution in [3.05, 3.63) is 54.7 Å². The Bertz CT molecular complexity index is 1070. The lowest BCUT2D eigenvalue weighted by molar-refractivity contribution is 0.588. The second-order valence-electron chi connectivity index (χ2n) is 6.96. The Hall–Kier alpha value is -2.51. The van der Waals surface area contributed by atoms with Gasteiger partial charge in [-0.15, -0.1) is 0 Å². The van der Waals surface area contributed by atoms with Crippen LogP contribution in [0.4, 0.5) is 11.4 Å². The Morgan fingerprint density at radius 1 is 1.00 bits per heavy atom. The van der Waals surface area contributed by atoms with Gasteiger partial charge in [0.05, 0.1) is 10.4 Å². The first-order chi connectivity index (χ1) is 13.0. The van der Waals surface area contributed by atoms with Crippen molar-refractivity contribution in [3.63, 3.8) is 0 Å². The van der Waals surface area contributed by atoms with Crippen LogP contribution in [0.25, 0.3) is 10.9 Å². The van der Waals surface area contributed by atoms with Crippen molar-refractivity contribution in [1.82, 2.24) is 9.29 Å². The highest BCUT2D eigenvalue weighted by molar-refractivity contribution is 7.90. The van der Waals surface area contributed by atoms with Gasteiger partial charge in [0.15, 0.2) is 0 Å². The molecule has 2 aromatic carbocycles. The molecule has 1 fully saturated rings. The summed E-state index contributed by atoms with van der Waals surface area (Å²) in [4.78, 5) is 4.50. The molecule has 1 aromatic heterocycles. The average Bonchev–Trinajstić information content (AvgIpc) is 3.14. The lowest BCUT2D eigenvalue weighted by Gasteiger charge is -2.30.